The molecule has 0 spiro atoms. The number of nitrogens with zero attached hydrogens (tertiary/aromatic N) is 2. The van der Waals surface area contributed by atoms with Crippen molar-refractivity contribution in [3.05, 3.63) is 0 Å². The van der Waals surface area contributed by atoms with Crippen molar-refractivity contribution in [2.75, 3.05) is 19.6 Å². The number of nitrogens with two attached hydrogens (primary N) is 1. The van der Waals surface area contributed by atoms with Crippen LogP contribution in [0.5, 0.6) is 0 Å². The molecule has 0 aliphatic carbocycles. The lowest BCUT2D eigenvalue weighted by Crippen LogP contribution is -2.55. The van der Waals surface area contributed by atoms with Gasteiger partial charge >= 0.3 is 6.03 Å². The molecule has 98 valence electrons. The van der Waals surface area contributed by atoms with E-state index < -0.39 is 0 Å². The predicted molar refractivity (Wildman–Crippen MR) is 64.9 cm³/mol. The van der Waals surface area contributed by atoms with E-state index in [4.69, 9.17) is 5.84 Å². The summed E-state index contributed by atoms with van der Waals surface area (Å²) in [5.41, 5.74) is 0. The summed E-state index contributed by atoms with van der Waals surface area (Å²) in [5.74, 6) is 5.75. The van der Waals surface area contributed by atoms with Crippen LogP contribution in [-0.2, 0) is 4.79 Å². The third kappa shape index (κ3) is 3.89. The molecule has 1 unspecified atom stereocenters. The molecule has 3 N–H and O–H groups in total. The van der Waals surface area contributed by atoms with E-state index >= 15 is 0 Å². The number of nitrogens with one attached hydrogen (secondary N) is 1. The number of carbonyl (C=O) groups excluding carboxylic acids is 2. The molecule has 1 saturated heterocycles. The first kappa shape index (κ1) is 13.8. The van der Waals surface area contributed by atoms with Gasteiger partial charge in [-0.3, -0.25) is 9.80 Å². The quantitative estimate of drug-likeness (QED) is 0.544. The SMILES string of the molecule is CC(C)C(C)NC(=O)CN1CCCN(N)C1=O. The van der Waals surface area contributed by atoms with Crippen LogP contribution >= 0.6 is 0 Å². The first-order valence-corrected chi connectivity index (χ1v) is 6.02. The summed E-state index contributed by atoms with van der Waals surface area (Å²) in [7, 11) is 0. The maximum Gasteiger partial charge on any atom is 0.334 e. The first-order chi connectivity index (χ1) is 7.91. The summed E-state index contributed by atoms with van der Waals surface area (Å²) >= 11 is 0. The van der Waals surface area contributed by atoms with E-state index in [0.717, 1.165) is 11.4 Å². The summed E-state index contributed by atoms with van der Waals surface area (Å²) in [6.45, 7) is 7.27. The predicted octanol–water partition coefficient (Wildman–Crippen LogP) is 0.149. The van der Waals surface area contributed by atoms with E-state index in [1.165, 1.54) is 4.90 Å². The Morgan fingerprint density at radius 1 is 1.41 bits per heavy atom. The summed E-state index contributed by atoms with van der Waals surface area (Å²) in [4.78, 5) is 24.8. The Morgan fingerprint density at radius 2 is 2.06 bits per heavy atom. The number of hydrogen-bond acceptors (Lipinski definition) is 3. The molecule has 0 radical (unpaired) electrons. The highest BCUT2D eigenvalue weighted by Crippen LogP contribution is 2.05. The minimum atomic E-state index is -0.274. The van der Waals surface area contributed by atoms with Gasteiger partial charge in [-0.1, -0.05) is 13.8 Å². The van der Waals surface area contributed by atoms with E-state index in [1.807, 2.05) is 20.8 Å². The van der Waals surface area contributed by atoms with Crippen LogP contribution in [0.4, 0.5) is 4.79 Å². The van der Waals surface area contributed by atoms with Crippen molar-refractivity contribution >= 4 is 11.9 Å². The van der Waals surface area contributed by atoms with Gasteiger partial charge in [-0.25, -0.2) is 10.6 Å². The molecule has 0 aromatic carbocycles. The van der Waals surface area contributed by atoms with Gasteiger partial charge in [0.1, 0.15) is 6.54 Å². The van der Waals surface area contributed by atoms with Gasteiger partial charge in [0.05, 0.1) is 0 Å². The van der Waals surface area contributed by atoms with E-state index in [1.54, 1.807) is 0 Å². The summed E-state index contributed by atoms with van der Waals surface area (Å²) in [5, 5.41) is 4.03. The second kappa shape index (κ2) is 5.86. The topological polar surface area (TPSA) is 78.7 Å². The smallest absolute Gasteiger partial charge is 0.334 e. The minimum Gasteiger partial charge on any atom is -0.352 e. The van der Waals surface area contributed by atoms with Crippen molar-refractivity contribution in [3.63, 3.8) is 0 Å². The largest absolute Gasteiger partial charge is 0.352 e. The summed E-state index contributed by atoms with van der Waals surface area (Å²) < 4.78 is 0. The molecule has 1 aliphatic heterocycles. The van der Waals surface area contributed by atoms with Gasteiger partial charge in [0.25, 0.3) is 0 Å². The zero-order chi connectivity index (χ0) is 13.0. The third-order valence-electron chi connectivity index (χ3n) is 3.07. The molecular weight excluding hydrogens is 220 g/mol. The maximum absolute atomic E-state index is 11.7. The van der Waals surface area contributed by atoms with Crippen LogP contribution in [0.2, 0.25) is 0 Å². The van der Waals surface area contributed by atoms with Crippen molar-refractivity contribution in [3.8, 4) is 0 Å². The second-order valence-corrected chi connectivity index (χ2v) is 4.85. The molecule has 3 amide bonds. The van der Waals surface area contributed by atoms with Crippen LogP contribution in [0.25, 0.3) is 0 Å². The highest BCUT2D eigenvalue weighted by Gasteiger charge is 2.25. The van der Waals surface area contributed by atoms with E-state index in [9.17, 15) is 9.59 Å². The molecule has 0 aromatic heterocycles. The zero-order valence-electron chi connectivity index (χ0n) is 10.8. The van der Waals surface area contributed by atoms with Crippen molar-refractivity contribution in [1.82, 2.24) is 15.2 Å². The minimum absolute atomic E-state index is 0.0869. The Morgan fingerprint density at radius 3 is 2.65 bits per heavy atom. The van der Waals surface area contributed by atoms with Gasteiger partial charge in [-0.2, -0.15) is 0 Å². The van der Waals surface area contributed by atoms with Crippen LogP contribution in [0.15, 0.2) is 0 Å². The van der Waals surface area contributed by atoms with Crippen LogP contribution in [0.3, 0.4) is 0 Å². The Labute approximate surface area is 102 Å². The Hall–Kier alpha value is -1.30. The van der Waals surface area contributed by atoms with Gasteiger partial charge in [-0.15, -0.1) is 0 Å². The number of hydrogen-bond donors (Lipinski definition) is 2. The average molecular weight is 242 g/mol. The summed E-state index contributed by atoms with van der Waals surface area (Å²) in [6, 6.07) is -0.167. The molecule has 1 rings (SSSR count). The number of hydrazine groups is 1. The van der Waals surface area contributed by atoms with Crippen LogP contribution in [0, 0.1) is 5.92 Å². The lowest BCUT2D eigenvalue weighted by Gasteiger charge is -2.32. The molecule has 1 heterocycles. The Kier molecular flexibility index (Phi) is 4.74. The fourth-order valence-corrected chi connectivity index (χ4v) is 1.59. The number of urea groups is 1. The van der Waals surface area contributed by atoms with Gasteiger partial charge in [0.2, 0.25) is 5.91 Å². The molecule has 6 nitrogen and oxygen atoms in total. The Balaban J connectivity index is 2.43. The molecule has 1 aliphatic rings. The fourth-order valence-electron chi connectivity index (χ4n) is 1.59. The maximum atomic E-state index is 11.7. The zero-order valence-corrected chi connectivity index (χ0v) is 10.8. The normalized spacial score (nSPS) is 18.5. The number of carbonyl (C=O) groups is 2. The van der Waals surface area contributed by atoms with Crippen molar-refractivity contribution in [1.29, 1.82) is 0 Å². The lowest BCUT2D eigenvalue weighted by molar-refractivity contribution is -0.122. The fraction of sp³-hybridized carbons (Fsp3) is 0.818. The standard InChI is InChI=1S/C11H22N4O2/c1-8(2)9(3)13-10(16)7-14-5-4-6-15(12)11(14)17/h8-9H,4-7,12H2,1-3H3,(H,13,16). The average Bonchev–Trinajstić information content (AvgIpc) is 2.24. The van der Waals surface area contributed by atoms with Crippen molar-refractivity contribution in [2.45, 2.75) is 33.2 Å². The van der Waals surface area contributed by atoms with E-state index in [2.05, 4.69) is 5.32 Å². The summed E-state index contributed by atoms with van der Waals surface area (Å²) in [6.07, 6.45) is 0.801. The molecular formula is C11H22N4O2. The first-order valence-electron chi connectivity index (χ1n) is 6.02. The van der Waals surface area contributed by atoms with Crippen LogP contribution < -0.4 is 11.2 Å². The monoisotopic (exact) mass is 242 g/mol. The van der Waals surface area contributed by atoms with Gasteiger partial charge in [0.15, 0.2) is 0 Å². The van der Waals surface area contributed by atoms with E-state index in [0.29, 0.717) is 19.0 Å². The van der Waals surface area contributed by atoms with E-state index in [-0.39, 0.29) is 24.5 Å². The molecule has 6 heteroatoms. The van der Waals surface area contributed by atoms with Gasteiger partial charge in [0, 0.05) is 19.1 Å². The molecule has 0 bridgehead atoms. The molecule has 17 heavy (non-hydrogen) atoms. The number of amides is 3. The van der Waals surface area contributed by atoms with Gasteiger partial charge < -0.3 is 10.2 Å². The lowest BCUT2D eigenvalue weighted by atomic mass is 10.1. The molecule has 1 atom stereocenters. The third-order valence-corrected chi connectivity index (χ3v) is 3.07. The Bertz CT molecular complexity index is 293. The highest BCUT2D eigenvalue weighted by molar-refractivity contribution is 5.84. The van der Waals surface area contributed by atoms with Crippen molar-refractivity contribution in [2.24, 2.45) is 11.8 Å². The van der Waals surface area contributed by atoms with Crippen LogP contribution in [0.1, 0.15) is 27.2 Å². The second-order valence-electron chi connectivity index (χ2n) is 4.85. The molecule has 0 aromatic rings. The van der Waals surface area contributed by atoms with Gasteiger partial charge in [-0.05, 0) is 19.3 Å². The highest BCUT2D eigenvalue weighted by atomic mass is 16.2. The number of rotatable bonds is 4. The molecule has 0 saturated carbocycles. The van der Waals surface area contributed by atoms with Crippen molar-refractivity contribution < 1.29 is 9.59 Å². The molecule has 1 fully saturated rings. The van der Waals surface area contributed by atoms with Crippen LogP contribution in [-0.4, -0.2) is 47.5 Å².